The van der Waals surface area contributed by atoms with Crippen molar-refractivity contribution in [3.05, 3.63) is 29.8 Å². The number of amides is 1. The van der Waals surface area contributed by atoms with Gasteiger partial charge in [0.15, 0.2) is 5.82 Å². The maximum atomic E-state index is 12.4. The Kier molecular flexibility index (Phi) is 4.55. The lowest BCUT2D eigenvalue weighted by Crippen LogP contribution is -2.47. The van der Waals surface area contributed by atoms with Crippen LogP contribution in [0.25, 0.3) is 11.3 Å². The van der Waals surface area contributed by atoms with Gasteiger partial charge in [0.25, 0.3) is 5.91 Å². The SMILES string of the molecule is COc1ccccc1-c1[nH]nc(NC(=O)C2(O)CCOCC2)c1C. The average Bonchev–Trinajstić information content (AvgIpc) is 2.96. The lowest BCUT2D eigenvalue weighted by Gasteiger charge is -2.30. The Bertz CT molecular complexity index is 735. The number of carbonyl (C=O) groups is 1. The fourth-order valence-electron chi connectivity index (χ4n) is 2.79. The van der Waals surface area contributed by atoms with Crippen molar-refractivity contribution in [2.24, 2.45) is 0 Å². The highest BCUT2D eigenvalue weighted by Crippen LogP contribution is 2.33. The number of nitrogens with one attached hydrogen (secondary N) is 2. The number of aliphatic hydroxyl groups is 1. The van der Waals surface area contributed by atoms with Crippen molar-refractivity contribution in [3.8, 4) is 17.0 Å². The zero-order chi connectivity index (χ0) is 17.2. The molecule has 2 aromatic rings. The predicted molar refractivity (Wildman–Crippen MR) is 88.9 cm³/mol. The molecule has 1 aromatic heterocycles. The second-order valence-corrected chi connectivity index (χ2v) is 5.87. The third kappa shape index (κ3) is 3.00. The Morgan fingerprint density at radius 2 is 2.08 bits per heavy atom. The summed E-state index contributed by atoms with van der Waals surface area (Å²) in [6, 6.07) is 7.56. The van der Waals surface area contributed by atoms with Crippen molar-refractivity contribution >= 4 is 11.7 Å². The van der Waals surface area contributed by atoms with Crippen molar-refractivity contribution in [3.63, 3.8) is 0 Å². The normalized spacial score (nSPS) is 16.6. The smallest absolute Gasteiger partial charge is 0.257 e. The topological polar surface area (TPSA) is 96.5 Å². The van der Waals surface area contributed by atoms with Gasteiger partial charge in [0.2, 0.25) is 0 Å². The Hall–Kier alpha value is -2.38. The standard InChI is InChI=1S/C17H21N3O4/c1-11-14(12-5-3-4-6-13(12)23-2)19-20-15(11)18-16(21)17(22)7-9-24-10-8-17/h3-6,22H,7-10H2,1-2H3,(H2,18,19,20,21). The number of para-hydroxylation sites is 1. The van der Waals surface area contributed by atoms with E-state index >= 15 is 0 Å². The molecule has 0 unspecified atom stereocenters. The summed E-state index contributed by atoms with van der Waals surface area (Å²) in [5.74, 6) is 0.665. The molecule has 0 atom stereocenters. The van der Waals surface area contributed by atoms with Gasteiger partial charge in [-0.15, -0.1) is 0 Å². The van der Waals surface area contributed by atoms with Crippen molar-refractivity contribution in [1.29, 1.82) is 0 Å². The van der Waals surface area contributed by atoms with E-state index in [0.29, 0.717) is 24.8 Å². The molecule has 3 rings (SSSR count). The van der Waals surface area contributed by atoms with Crippen LogP contribution in [-0.2, 0) is 9.53 Å². The van der Waals surface area contributed by atoms with Crippen LogP contribution >= 0.6 is 0 Å². The van der Waals surface area contributed by atoms with E-state index in [-0.39, 0.29) is 12.8 Å². The van der Waals surface area contributed by atoms with Gasteiger partial charge in [-0.2, -0.15) is 5.10 Å². The Morgan fingerprint density at radius 1 is 1.38 bits per heavy atom. The fourth-order valence-corrected chi connectivity index (χ4v) is 2.79. The molecule has 1 saturated heterocycles. The zero-order valence-electron chi connectivity index (χ0n) is 13.8. The zero-order valence-corrected chi connectivity index (χ0v) is 13.8. The molecule has 3 N–H and O–H groups in total. The number of H-pyrrole nitrogens is 1. The maximum Gasteiger partial charge on any atom is 0.257 e. The molecule has 1 fully saturated rings. The molecule has 1 aliphatic rings. The van der Waals surface area contributed by atoms with Gasteiger partial charge in [0, 0.05) is 37.2 Å². The number of carbonyl (C=O) groups excluding carboxylic acids is 1. The number of aromatic amines is 1. The fraction of sp³-hybridized carbons (Fsp3) is 0.412. The van der Waals surface area contributed by atoms with Gasteiger partial charge in [0.05, 0.1) is 12.8 Å². The molecule has 0 spiro atoms. The van der Waals surface area contributed by atoms with Crippen molar-refractivity contribution in [2.45, 2.75) is 25.4 Å². The molecule has 0 aliphatic carbocycles. The highest BCUT2D eigenvalue weighted by atomic mass is 16.5. The third-order valence-electron chi connectivity index (χ3n) is 4.36. The van der Waals surface area contributed by atoms with Crippen LogP contribution in [0.3, 0.4) is 0 Å². The van der Waals surface area contributed by atoms with Crippen LogP contribution in [0.2, 0.25) is 0 Å². The number of ether oxygens (including phenoxy) is 2. The predicted octanol–water partition coefficient (Wildman–Crippen LogP) is 1.87. The summed E-state index contributed by atoms with van der Waals surface area (Å²) in [5, 5.41) is 20.3. The molecule has 7 nitrogen and oxygen atoms in total. The molecule has 2 heterocycles. The quantitative estimate of drug-likeness (QED) is 0.795. The first-order valence-corrected chi connectivity index (χ1v) is 7.85. The lowest BCUT2D eigenvalue weighted by atomic mass is 9.93. The summed E-state index contributed by atoms with van der Waals surface area (Å²) >= 11 is 0. The number of rotatable bonds is 4. The van der Waals surface area contributed by atoms with Crippen LogP contribution in [0.4, 0.5) is 5.82 Å². The first-order chi connectivity index (χ1) is 11.5. The van der Waals surface area contributed by atoms with Crippen molar-refractivity contribution < 1.29 is 19.4 Å². The summed E-state index contributed by atoms with van der Waals surface area (Å²) in [6.07, 6.45) is 0.559. The molecule has 1 amide bonds. The number of hydrogen-bond donors (Lipinski definition) is 3. The first-order valence-electron chi connectivity index (χ1n) is 7.85. The largest absolute Gasteiger partial charge is 0.496 e. The van der Waals surface area contributed by atoms with Crippen molar-refractivity contribution in [1.82, 2.24) is 10.2 Å². The lowest BCUT2D eigenvalue weighted by molar-refractivity contribution is -0.143. The first kappa shape index (κ1) is 16.5. The minimum Gasteiger partial charge on any atom is -0.496 e. The molecule has 1 aliphatic heterocycles. The average molecular weight is 331 g/mol. The minimum absolute atomic E-state index is 0.279. The van der Waals surface area contributed by atoms with Crippen LogP contribution in [-0.4, -0.2) is 47.1 Å². The van der Waals surface area contributed by atoms with Crippen LogP contribution in [0.1, 0.15) is 18.4 Å². The number of nitrogens with zero attached hydrogens (tertiary/aromatic N) is 1. The monoisotopic (exact) mass is 331 g/mol. The van der Waals surface area contributed by atoms with Gasteiger partial charge in [-0.25, -0.2) is 0 Å². The number of anilines is 1. The van der Waals surface area contributed by atoms with E-state index < -0.39 is 11.5 Å². The molecule has 0 bridgehead atoms. The van der Waals surface area contributed by atoms with E-state index in [1.165, 1.54) is 0 Å². The summed E-state index contributed by atoms with van der Waals surface area (Å²) < 4.78 is 10.6. The second kappa shape index (κ2) is 6.62. The number of benzene rings is 1. The Balaban J connectivity index is 1.84. The number of hydrogen-bond acceptors (Lipinski definition) is 5. The highest BCUT2D eigenvalue weighted by Gasteiger charge is 2.38. The van der Waals surface area contributed by atoms with Crippen molar-refractivity contribution in [2.75, 3.05) is 25.6 Å². The van der Waals surface area contributed by atoms with Gasteiger partial charge in [0.1, 0.15) is 11.4 Å². The minimum atomic E-state index is -1.41. The highest BCUT2D eigenvalue weighted by molar-refractivity contribution is 5.97. The van der Waals surface area contributed by atoms with Crippen LogP contribution in [0, 0.1) is 6.92 Å². The number of methoxy groups -OCH3 is 1. The molecule has 0 radical (unpaired) electrons. The van der Waals surface area contributed by atoms with E-state index in [0.717, 1.165) is 16.8 Å². The van der Waals surface area contributed by atoms with Crippen LogP contribution in [0.5, 0.6) is 5.75 Å². The second-order valence-electron chi connectivity index (χ2n) is 5.87. The number of aromatic nitrogens is 2. The van der Waals surface area contributed by atoms with Crippen LogP contribution in [0.15, 0.2) is 24.3 Å². The van der Waals surface area contributed by atoms with Crippen LogP contribution < -0.4 is 10.1 Å². The van der Waals surface area contributed by atoms with Gasteiger partial charge in [-0.05, 0) is 19.1 Å². The summed E-state index contributed by atoms with van der Waals surface area (Å²) in [5.41, 5.74) is 0.995. The summed E-state index contributed by atoms with van der Waals surface area (Å²) in [6.45, 7) is 2.60. The molecule has 1 aromatic carbocycles. The molecular weight excluding hydrogens is 310 g/mol. The van der Waals surface area contributed by atoms with Gasteiger partial charge < -0.3 is 19.9 Å². The summed E-state index contributed by atoms with van der Waals surface area (Å²) in [7, 11) is 1.61. The maximum absolute atomic E-state index is 12.4. The molecular formula is C17H21N3O4. The van der Waals surface area contributed by atoms with E-state index in [1.807, 2.05) is 31.2 Å². The van der Waals surface area contributed by atoms with Gasteiger partial charge in [-0.3, -0.25) is 9.89 Å². The summed E-state index contributed by atoms with van der Waals surface area (Å²) in [4.78, 5) is 12.4. The van der Waals surface area contributed by atoms with Gasteiger partial charge >= 0.3 is 0 Å². The van der Waals surface area contributed by atoms with Gasteiger partial charge in [-0.1, -0.05) is 12.1 Å². The van der Waals surface area contributed by atoms with E-state index in [1.54, 1.807) is 7.11 Å². The molecule has 7 heteroatoms. The molecule has 24 heavy (non-hydrogen) atoms. The van der Waals surface area contributed by atoms with E-state index in [4.69, 9.17) is 9.47 Å². The third-order valence-corrected chi connectivity index (χ3v) is 4.36. The Morgan fingerprint density at radius 3 is 2.79 bits per heavy atom. The molecule has 0 saturated carbocycles. The Labute approximate surface area is 140 Å². The van der Waals surface area contributed by atoms with E-state index in [2.05, 4.69) is 15.5 Å². The molecule has 128 valence electrons. The van der Waals surface area contributed by atoms with E-state index in [9.17, 15) is 9.90 Å².